The number of rotatable bonds is 5. The van der Waals surface area contributed by atoms with E-state index in [1.807, 2.05) is 0 Å². The molecule has 8 nitrogen and oxygen atoms in total. The van der Waals surface area contributed by atoms with E-state index in [2.05, 4.69) is 28.8 Å². The molecular formula is C21H15FN6O2S2. The van der Waals surface area contributed by atoms with E-state index >= 15 is 0 Å². The topological polar surface area (TPSA) is 110 Å². The lowest BCUT2D eigenvalue weighted by Crippen LogP contribution is -2.16. The van der Waals surface area contributed by atoms with Crippen molar-refractivity contribution in [1.29, 1.82) is 0 Å². The predicted octanol–water partition coefficient (Wildman–Crippen LogP) is 4.63. The lowest BCUT2D eigenvalue weighted by molar-refractivity contribution is 0.601. The number of nitrogens with zero attached hydrogens (tertiary/aromatic N) is 4. The number of anilines is 3. The van der Waals surface area contributed by atoms with Crippen molar-refractivity contribution in [2.75, 3.05) is 10.0 Å². The third-order valence-electron chi connectivity index (χ3n) is 4.77. The van der Waals surface area contributed by atoms with Crippen LogP contribution in [0.1, 0.15) is 5.56 Å². The van der Waals surface area contributed by atoms with E-state index in [4.69, 9.17) is 0 Å². The minimum atomic E-state index is -4.07. The molecular weight excluding hydrogens is 451 g/mol. The number of sulfonamides is 1. The first-order chi connectivity index (χ1) is 15.4. The number of aromatic nitrogens is 4. The maximum atomic E-state index is 14.0. The molecule has 2 N–H and O–H groups in total. The van der Waals surface area contributed by atoms with Gasteiger partial charge in [-0.2, -0.15) is 8.75 Å². The number of benzene rings is 3. The van der Waals surface area contributed by atoms with Crippen molar-refractivity contribution in [2.24, 2.45) is 0 Å². The average molecular weight is 467 g/mol. The summed E-state index contributed by atoms with van der Waals surface area (Å²) in [6, 6.07) is 16.4. The molecule has 0 unspecified atom stereocenters. The Balaban J connectivity index is 1.61. The van der Waals surface area contributed by atoms with Gasteiger partial charge in [-0.15, -0.1) is 0 Å². The minimum absolute atomic E-state index is 0.0222. The SMILES string of the molecule is Cc1ccc(Nc2nc3ccccc3nc2NS(=O)(=O)c2cccc3nsnc23)cc1F. The van der Waals surface area contributed by atoms with Crippen LogP contribution in [0, 0.1) is 12.7 Å². The highest BCUT2D eigenvalue weighted by molar-refractivity contribution is 7.93. The summed E-state index contributed by atoms with van der Waals surface area (Å²) in [4.78, 5) is 8.93. The molecule has 160 valence electrons. The number of fused-ring (bicyclic) bond motifs is 2. The van der Waals surface area contributed by atoms with Gasteiger partial charge in [-0.3, -0.25) is 4.72 Å². The first-order valence-corrected chi connectivity index (χ1v) is 11.7. The highest BCUT2D eigenvalue weighted by Gasteiger charge is 2.23. The Kier molecular flexibility index (Phi) is 4.91. The summed E-state index contributed by atoms with van der Waals surface area (Å²) in [5, 5.41) is 2.97. The van der Waals surface area contributed by atoms with Crippen molar-refractivity contribution >= 4 is 61.1 Å². The lowest BCUT2D eigenvalue weighted by atomic mass is 10.2. The van der Waals surface area contributed by atoms with Crippen LogP contribution in [-0.2, 0) is 10.0 Å². The second-order valence-electron chi connectivity index (χ2n) is 6.99. The summed E-state index contributed by atoms with van der Waals surface area (Å²) in [5.41, 5.74) is 2.70. The molecule has 0 aliphatic heterocycles. The van der Waals surface area contributed by atoms with Gasteiger partial charge in [0.15, 0.2) is 11.6 Å². The van der Waals surface area contributed by atoms with E-state index in [-0.39, 0.29) is 22.0 Å². The molecule has 0 radical (unpaired) electrons. The molecule has 5 aromatic rings. The monoisotopic (exact) mass is 466 g/mol. The summed E-state index contributed by atoms with van der Waals surface area (Å²) >= 11 is 0.931. The number of halogens is 1. The maximum Gasteiger partial charge on any atom is 0.265 e. The largest absolute Gasteiger partial charge is 0.337 e. The molecule has 11 heteroatoms. The number of aryl methyl sites for hydroxylation is 1. The van der Waals surface area contributed by atoms with Gasteiger partial charge in [-0.25, -0.2) is 22.8 Å². The van der Waals surface area contributed by atoms with Gasteiger partial charge in [0.1, 0.15) is 21.7 Å². The minimum Gasteiger partial charge on any atom is -0.337 e. The molecule has 0 atom stereocenters. The Bertz CT molecular complexity index is 1590. The van der Waals surface area contributed by atoms with Crippen molar-refractivity contribution in [3.05, 3.63) is 72.0 Å². The first kappa shape index (κ1) is 20.2. The van der Waals surface area contributed by atoms with Crippen LogP contribution < -0.4 is 10.0 Å². The fraction of sp³-hybridized carbons (Fsp3) is 0.0476. The molecule has 2 heterocycles. The van der Waals surface area contributed by atoms with Gasteiger partial charge < -0.3 is 5.32 Å². The number of nitrogens with one attached hydrogen (secondary N) is 2. The van der Waals surface area contributed by atoms with Crippen molar-refractivity contribution in [1.82, 2.24) is 18.7 Å². The Morgan fingerprint density at radius 1 is 0.875 bits per heavy atom. The quantitative estimate of drug-likeness (QED) is 0.389. The molecule has 0 bridgehead atoms. The summed E-state index contributed by atoms with van der Waals surface area (Å²) in [5.74, 6) is -0.280. The van der Waals surface area contributed by atoms with Crippen LogP contribution in [0.4, 0.5) is 21.7 Å². The molecule has 0 spiro atoms. The van der Waals surface area contributed by atoms with Gasteiger partial charge in [0.2, 0.25) is 0 Å². The van der Waals surface area contributed by atoms with Crippen molar-refractivity contribution in [3.63, 3.8) is 0 Å². The third kappa shape index (κ3) is 3.72. The lowest BCUT2D eigenvalue weighted by Gasteiger charge is -2.14. The van der Waals surface area contributed by atoms with Crippen LogP contribution >= 0.6 is 11.7 Å². The molecule has 0 aliphatic rings. The van der Waals surface area contributed by atoms with E-state index in [0.29, 0.717) is 27.8 Å². The van der Waals surface area contributed by atoms with Crippen LogP contribution in [0.3, 0.4) is 0 Å². The van der Waals surface area contributed by atoms with Crippen molar-refractivity contribution in [2.45, 2.75) is 11.8 Å². The van der Waals surface area contributed by atoms with Crippen molar-refractivity contribution in [3.8, 4) is 0 Å². The smallest absolute Gasteiger partial charge is 0.265 e. The Morgan fingerprint density at radius 2 is 1.59 bits per heavy atom. The fourth-order valence-electron chi connectivity index (χ4n) is 3.15. The van der Waals surface area contributed by atoms with Crippen molar-refractivity contribution < 1.29 is 12.8 Å². The number of para-hydroxylation sites is 2. The second kappa shape index (κ2) is 7.77. The molecule has 0 amide bonds. The third-order valence-corrected chi connectivity index (χ3v) is 6.69. The highest BCUT2D eigenvalue weighted by Crippen LogP contribution is 2.29. The van der Waals surface area contributed by atoms with Crippen LogP contribution in [0.15, 0.2) is 65.6 Å². The Morgan fingerprint density at radius 3 is 2.34 bits per heavy atom. The fourth-order valence-corrected chi connectivity index (χ4v) is 4.92. The maximum absolute atomic E-state index is 14.0. The van der Waals surface area contributed by atoms with E-state index in [1.165, 1.54) is 12.1 Å². The zero-order valence-corrected chi connectivity index (χ0v) is 18.2. The van der Waals surface area contributed by atoms with Gasteiger partial charge in [-0.1, -0.05) is 24.3 Å². The van der Waals surface area contributed by atoms with E-state index in [9.17, 15) is 12.8 Å². The highest BCUT2D eigenvalue weighted by atomic mass is 32.2. The first-order valence-electron chi connectivity index (χ1n) is 9.45. The van der Waals surface area contributed by atoms with Crippen LogP contribution in [0.25, 0.3) is 22.1 Å². The number of hydrogen-bond acceptors (Lipinski definition) is 8. The molecule has 0 saturated heterocycles. The summed E-state index contributed by atoms with van der Waals surface area (Å²) in [6.45, 7) is 1.66. The molecule has 32 heavy (non-hydrogen) atoms. The molecule has 0 aliphatic carbocycles. The zero-order valence-electron chi connectivity index (χ0n) is 16.6. The number of hydrogen-bond donors (Lipinski definition) is 2. The van der Waals surface area contributed by atoms with Crippen LogP contribution in [0.2, 0.25) is 0 Å². The van der Waals surface area contributed by atoms with E-state index < -0.39 is 15.8 Å². The predicted molar refractivity (Wildman–Crippen MR) is 122 cm³/mol. The molecule has 5 rings (SSSR count). The zero-order chi connectivity index (χ0) is 22.3. The van der Waals surface area contributed by atoms with Gasteiger partial charge in [0.05, 0.1) is 22.8 Å². The molecule has 0 saturated carbocycles. The van der Waals surface area contributed by atoms with Gasteiger partial charge in [0.25, 0.3) is 10.0 Å². The van der Waals surface area contributed by atoms with Crippen LogP contribution in [-0.4, -0.2) is 27.1 Å². The Labute approximate surface area is 186 Å². The Hall–Kier alpha value is -3.70. The summed E-state index contributed by atoms with van der Waals surface area (Å²) in [6.07, 6.45) is 0. The van der Waals surface area contributed by atoms with Gasteiger partial charge in [-0.05, 0) is 48.9 Å². The summed E-state index contributed by atoms with van der Waals surface area (Å²) in [7, 11) is -4.07. The van der Waals surface area contributed by atoms with E-state index in [0.717, 1.165) is 11.7 Å². The normalized spacial score (nSPS) is 11.7. The molecule has 2 aromatic heterocycles. The molecule has 3 aromatic carbocycles. The second-order valence-corrected chi connectivity index (χ2v) is 9.17. The van der Waals surface area contributed by atoms with Crippen LogP contribution in [0.5, 0.6) is 0 Å². The average Bonchev–Trinajstić information content (AvgIpc) is 3.25. The van der Waals surface area contributed by atoms with Gasteiger partial charge in [0, 0.05) is 5.69 Å². The van der Waals surface area contributed by atoms with Gasteiger partial charge >= 0.3 is 0 Å². The van der Waals surface area contributed by atoms with E-state index in [1.54, 1.807) is 55.5 Å². The standard InChI is InChI=1S/C21H15FN6O2S2/c1-12-9-10-13(11-14(12)22)23-20-21(25-16-6-3-2-5-15(16)24-20)28-32(29,30)18-8-4-7-17-19(18)27-31-26-17/h2-11H,1H3,(H,23,24)(H,25,28). The molecule has 0 fully saturated rings. The summed E-state index contributed by atoms with van der Waals surface area (Å²) < 4.78 is 51.2.